The SMILES string of the molecule is CC#CC#CC#CC#CC#CC#CC#CC#CC#CC#CC#CC#CC(=O)N[C@@H](COC1OC(CO)C(O)C(OSOO[O-])C1O)[C@H](O)[C@@H](O)CCCCCCCCCCCCCC.[HH].[HH].[HH].[HH].[HH].[HH].[HH].[HH].[HH].[HH].[HH].[HH].[HH].[HH].[HH].[HH].[HH].[HH].[HH].[HH].[HH].[HH].[HH].[HH]. The van der Waals surface area contributed by atoms with E-state index in [1.54, 1.807) is 6.92 Å². The molecule has 1 saturated heterocycles. The van der Waals surface area contributed by atoms with Crippen LogP contribution in [0.2, 0.25) is 0 Å². The molecule has 0 aromatic carbocycles. The van der Waals surface area contributed by atoms with Gasteiger partial charge in [0.05, 0.1) is 25.4 Å². The minimum Gasteiger partial charge on any atom is -0.691 e. The van der Waals surface area contributed by atoms with Crippen LogP contribution in [0.4, 0.5) is 0 Å². The van der Waals surface area contributed by atoms with E-state index in [1.807, 2.05) is 0 Å². The summed E-state index contributed by atoms with van der Waals surface area (Å²) in [5, 5.41) is 68.8. The van der Waals surface area contributed by atoms with Crippen LogP contribution in [0, 0.1) is 142 Å². The van der Waals surface area contributed by atoms with E-state index in [0.29, 0.717) is 6.42 Å². The molecule has 14 heteroatoms. The number of aliphatic hydroxyl groups is 5. The summed E-state index contributed by atoms with van der Waals surface area (Å²) in [6.07, 6.45) is 3.19. The van der Waals surface area contributed by atoms with Gasteiger partial charge in [0, 0.05) is 75.7 Å². The first-order valence-electron chi connectivity index (χ1n) is 20.4. The second kappa shape index (κ2) is 39.9. The molecule has 13 nitrogen and oxygen atoms in total. The van der Waals surface area contributed by atoms with Gasteiger partial charge >= 0.3 is 0 Å². The highest BCUT2D eigenvalue weighted by atomic mass is 32.2. The highest BCUT2D eigenvalue weighted by Gasteiger charge is 2.47. The van der Waals surface area contributed by atoms with E-state index in [1.165, 1.54) is 44.9 Å². The molecule has 382 valence electrons. The lowest BCUT2D eigenvalue weighted by Crippen LogP contribution is -2.60. The summed E-state index contributed by atoms with van der Waals surface area (Å²) in [6.45, 7) is 2.63. The molecule has 6 N–H and O–H groups in total. The van der Waals surface area contributed by atoms with Crippen LogP contribution in [0.1, 0.15) is 132 Å². The Hall–Kier alpha value is -5.90. The molecule has 8 atom stereocenters. The minimum atomic E-state index is -1.72. The minimum absolute atomic E-state index is 0. The fourth-order valence-electron chi connectivity index (χ4n) is 5.41. The topological polar surface area (TPSA) is 199 Å². The fourth-order valence-corrected chi connectivity index (χ4v) is 5.79. The number of hydrogen-bond acceptors (Lipinski definition) is 13. The van der Waals surface area contributed by atoms with Gasteiger partial charge in [-0.15, -0.1) is 4.33 Å². The van der Waals surface area contributed by atoms with E-state index in [9.17, 15) is 35.6 Å². The Labute approximate surface area is 418 Å². The summed E-state index contributed by atoms with van der Waals surface area (Å²) < 4.78 is 20.2. The molecule has 1 aliphatic heterocycles. The molecule has 1 amide bonds. The van der Waals surface area contributed by atoms with Crippen LogP contribution in [0.15, 0.2) is 0 Å². The van der Waals surface area contributed by atoms with E-state index in [2.05, 4.69) is 164 Å². The summed E-state index contributed by atoms with van der Waals surface area (Å²) in [5.74, 6) is 58.3. The maximum atomic E-state index is 12.8. The molecule has 0 aliphatic carbocycles. The van der Waals surface area contributed by atoms with Crippen molar-refractivity contribution >= 4 is 18.2 Å². The second-order valence-corrected chi connectivity index (χ2v) is 13.7. The summed E-state index contributed by atoms with van der Waals surface area (Å²) in [7, 11) is 0. The van der Waals surface area contributed by atoms with Gasteiger partial charge < -0.3 is 45.6 Å². The highest BCUT2D eigenvalue weighted by molar-refractivity contribution is 7.89. The van der Waals surface area contributed by atoms with Crippen molar-refractivity contribution in [2.45, 2.75) is 146 Å². The van der Waals surface area contributed by atoms with Gasteiger partial charge in [0.15, 0.2) is 18.6 Å². The van der Waals surface area contributed by atoms with Gasteiger partial charge in [-0.25, -0.2) is 0 Å². The van der Waals surface area contributed by atoms with Gasteiger partial charge in [0.2, 0.25) is 0 Å². The van der Waals surface area contributed by atoms with Gasteiger partial charge in [-0.1, -0.05) is 89.9 Å². The molecule has 0 spiro atoms. The number of rotatable bonds is 24. The molecule has 5 unspecified atom stereocenters. The molecule has 64 heavy (non-hydrogen) atoms. The van der Waals surface area contributed by atoms with Crippen LogP contribution in [0.5, 0.6) is 0 Å². The van der Waals surface area contributed by atoms with Crippen molar-refractivity contribution < 1.29 is 92.9 Å². The fraction of sp³-hybridized carbons (Fsp3) is 0.500. The number of aliphatic hydroxyl groups excluding tert-OH is 5. The number of amides is 1. The Morgan fingerprint density at radius 1 is 0.688 bits per heavy atom. The van der Waals surface area contributed by atoms with E-state index in [0.717, 1.165) is 25.7 Å². The summed E-state index contributed by atoms with van der Waals surface area (Å²) in [6, 6.07) is -1.28. The van der Waals surface area contributed by atoms with Crippen molar-refractivity contribution in [3.63, 3.8) is 0 Å². The lowest BCUT2D eigenvalue weighted by atomic mass is 9.98. The van der Waals surface area contributed by atoms with E-state index >= 15 is 0 Å². The molecule has 1 fully saturated rings. The molecule has 1 aliphatic rings. The molecule has 0 bridgehead atoms. The number of unbranched alkanes of at least 4 members (excludes halogenated alkanes) is 11. The lowest BCUT2D eigenvalue weighted by molar-refractivity contribution is -0.777. The van der Waals surface area contributed by atoms with Crippen molar-refractivity contribution in [2.75, 3.05) is 13.2 Å². The largest absolute Gasteiger partial charge is 0.691 e. The third-order valence-electron chi connectivity index (χ3n) is 8.56. The van der Waals surface area contributed by atoms with Gasteiger partial charge in [0.25, 0.3) is 5.91 Å². The summed E-state index contributed by atoms with van der Waals surface area (Å²) in [5.41, 5.74) is 0. The maximum absolute atomic E-state index is 12.8. The number of carbonyl (C=O) groups excluding carboxylic acids is 1. The Kier molecular flexibility index (Phi) is 35.0. The first-order chi connectivity index (χ1) is 31.3. The van der Waals surface area contributed by atoms with Crippen LogP contribution in [0.3, 0.4) is 0 Å². The van der Waals surface area contributed by atoms with Gasteiger partial charge in [-0.2, -0.15) is 0 Å². The standard InChI is InChI=1S/C50H51NO12S.24H2/c1-3-5-7-9-11-13-15-17-18-19-20-21-22-23-24-25-26-27-29-31-33-35-37-39-45(54)51-42(41-59-50-48(57)49(61-64-63-62-58)47(56)44(40-52)60-50)46(55)43(53)38-36-34-32-30-28-16-14-12-10-8-6-4-2;;;;;;;;;;;;;;;;;;;;;;;;/h42-44,46-50,52-53,55-58H,4,6,8,10,12,14,16,28,30,32,34,36,38,40-41H2,1-2H3,(H,51,54);24*1H/p-1/t42-,43-,44?,46-,47?,48?,49?,50?;;;;;;;;;;;;;;;;;;;;;;;;/m0......................../s1. The predicted molar refractivity (Wildman–Crippen MR) is 288 cm³/mol. The third kappa shape index (κ3) is 28.7. The van der Waals surface area contributed by atoms with E-state index in [4.69, 9.17) is 13.7 Å². The van der Waals surface area contributed by atoms with Gasteiger partial charge in [-0.05, 0) is 108 Å². The number of nitrogens with one attached hydrogen (secondary N) is 1. The maximum Gasteiger partial charge on any atom is 0.297 e. The zero-order valence-corrected chi connectivity index (χ0v) is 36.5. The van der Waals surface area contributed by atoms with Gasteiger partial charge in [0.1, 0.15) is 30.5 Å². The van der Waals surface area contributed by atoms with Crippen LogP contribution in [-0.4, -0.2) is 93.6 Å². The predicted octanol–water partition coefficient (Wildman–Crippen LogP) is 6.88. The molecule has 1 heterocycles. The monoisotopic (exact) mass is 937 g/mol. The molecule has 1 rings (SSSR count). The van der Waals surface area contributed by atoms with Crippen LogP contribution in [0.25, 0.3) is 0 Å². The Bertz CT molecular complexity index is 2300. The van der Waals surface area contributed by atoms with E-state index in [-0.39, 0.29) is 53.0 Å². The molecule has 0 saturated carbocycles. The first kappa shape index (κ1) is 56.1. The third-order valence-corrected chi connectivity index (χ3v) is 8.97. The van der Waals surface area contributed by atoms with Crippen LogP contribution < -0.4 is 10.6 Å². The lowest BCUT2D eigenvalue weighted by Gasteiger charge is -2.41. The average Bonchev–Trinajstić information content (AvgIpc) is 3.29. The van der Waals surface area contributed by atoms with Crippen molar-refractivity contribution in [1.82, 2.24) is 5.32 Å². The van der Waals surface area contributed by atoms with Crippen molar-refractivity contribution in [3.05, 3.63) is 0 Å². The number of ether oxygens (including phenoxy) is 2. The zero-order valence-electron chi connectivity index (χ0n) is 35.7. The quantitative estimate of drug-likeness (QED) is 0.0193. The number of carbonyl (C=O) groups is 1. The number of hydrogen-bond donors (Lipinski definition) is 6. The van der Waals surface area contributed by atoms with Crippen LogP contribution >= 0.6 is 12.3 Å². The smallest absolute Gasteiger partial charge is 0.297 e. The molecular weight excluding hydrogens is 839 g/mol. The zero-order chi connectivity index (χ0) is 46.7. The Balaban J connectivity index is -0.0000000776. The average molecular weight is 937 g/mol. The normalized spacial score (nSPS) is 17.4. The molecule has 0 radical (unpaired) electrons. The second-order valence-electron chi connectivity index (χ2n) is 13.2. The molecule has 0 aromatic rings. The van der Waals surface area contributed by atoms with Gasteiger partial charge in [-0.3, -0.25) is 14.0 Å². The Morgan fingerprint density at radius 3 is 1.56 bits per heavy atom. The summed E-state index contributed by atoms with van der Waals surface area (Å²) in [4.78, 5) is 12.8. The van der Waals surface area contributed by atoms with Crippen molar-refractivity contribution in [3.8, 4) is 142 Å². The first-order valence-corrected chi connectivity index (χ1v) is 21.1. The molecular formula is C50H98NO12S-. The van der Waals surface area contributed by atoms with Crippen molar-refractivity contribution in [2.24, 2.45) is 0 Å². The highest BCUT2D eigenvalue weighted by Crippen LogP contribution is 2.28. The van der Waals surface area contributed by atoms with Crippen molar-refractivity contribution in [1.29, 1.82) is 0 Å². The molecule has 0 aromatic heterocycles. The van der Waals surface area contributed by atoms with E-state index < -0.39 is 68.1 Å². The van der Waals surface area contributed by atoms with Crippen LogP contribution in [-0.2, 0) is 27.8 Å². The summed E-state index contributed by atoms with van der Waals surface area (Å²) >= 11 is 0.0217. The Morgan fingerprint density at radius 2 is 1.12 bits per heavy atom.